The normalized spacial score (nSPS) is 22.3. The van der Waals surface area contributed by atoms with Gasteiger partial charge in [-0.3, -0.25) is 14.5 Å². The highest BCUT2D eigenvalue weighted by Gasteiger charge is 2.34. The van der Waals surface area contributed by atoms with E-state index in [9.17, 15) is 9.59 Å². The number of ether oxygens (including phenoxy) is 3. The van der Waals surface area contributed by atoms with Crippen LogP contribution in [-0.4, -0.2) is 62.4 Å². The van der Waals surface area contributed by atoms with E-state index in [1.807, 2.05) is 11.8 Å². The van der Waals surface area contributed by atoms with Gasteiger partial charge in [-0.2, -0.15) is 0 Å². The summed E-state index contributed by atoms with van der Waals surface area (Å²) < 4.78 is 14.9. The monoisotopic (exact) mass is 259 g/mol. The summed E-state index contributed by atoms with van der Waals surface area (Å²) in [5.74, 6) is -0.578. The summed E-state index contributed by atoms with van der Waals surface area (Å²) in [6.07, 6.45) is 0.265. The number of methoxy groups -OCH3 is 1. The molecule has 0 radical (unpaired) electrons. The molecule has 0 N–H and O–H groups in total. The Morgan fingerprint density at radius 2 is 2.22 bits per heavy atom. The van der Waals surface area contributed by atoms with Gasteiger partial charge in [0.05, 0.1) is 33.4 Å². The summed E-state index contributed by atoms with van der Waals surface area (Å²) >= 11 is 0. The average molecular weight is 259 g/mol. The van der Waals surface area contributed by atoms with Gasteiger partial charge in [0.15, 0.2) is 0 Å². The van der Waals surface area contributed by atoms with E-state index in [1.165, 1.54) is 7.11 Å². The first-order valence-corrected chi connectivity index (χ1v) is 6.17. The van der Waals surface area contributed by atoms with Crippen molar-refractivity contribution in [2.45, 2.75) is 32.4 Å². The van der Waals surface area contributed by atoms with Crippen molar-refractivity contribution < 1.29 is 23.8 Å². The third kappa shape index (κ3) is 3.96. The standard InChI is InChI=1S/C12H21NO5/c1-4-18-11(14)7-9(2)13-5-6-17-8-10(13)12(15)16-3/h9-10H,4-8H2,1-3H3. The number of rotatable bonds is 5. The van der Waals surface area contributed by atoms with E-state index >= 15 is 0 Å². The number of esters is 2. The predicted molar refractivity (Wildman–Crippen MR) is 64.0 cm³/mol. The fourth-order valence-electron chi connectivity index (χ4n) is 2.06. The van der Waals surface area contributed by atoms with E-state index in [0.29, 0.717) is 26.4 Å². The predicted octanol–water partition coefficient (Wildman–Crippen LogP) is 0.202. The summed E-state index contributed by atoms with van der Waals surface area (Å²) in [5, 5.41) is 0. The third-order valence-electron chi connectivity index (χ3n) is 2.98. The van der Waals surface area contributed by atoms with Gasteiger partial charge in [0.25, 0.3) is 0 Å². The lowest BCUT2D eigenvalue weighted by atomic mass is 10.1. The molecule has 104 valence electrons. The second-order valence-corrected chi connectivity index (χ2v) is 4.21. The number of carbonyl (C=O) groups is 2. The van der Waals surface area contributed by atoms with Gasteiger partial charge in [-0.25, -0.2) is 0 Å². The fourth-order valence-corrected chi connectivity index (χ4v) is 2.06. The van der Waals surface area contributed by atoms with Crippen LogP contribution in [0, 0.1) is 0 Å². The Hall–Kier alpha value is -1.14. The van der Waals surface area contributed by atoms with Crippen LogP contribution in [-0.2, 0) is 23.8 Å². The largest absolute Gasteiger partial charge is 0.468 e. The van der Waals surface area contributed by atoms with Crippen molar-refractivity contribution in [1.82, 2.24) is 4.90 Å². The molecule has 2 atom stereocenters. The molecule has 1 heterocycles. The number of morpholine rings is 1. The highest BCUT2D eigenvalue weighted by atomic mass is 16.5. The van der Waals surface area contributed by atoms with Gasteiger partial charge in [0.2, 0.25) is 0 Å². The molecule has 6 heteroatoms. The fraction of sp³-hybridized carbons (Fsp3) is 0.833. The van der Waals surface area contributed by atoms with Crippen LogP contribution in [0.1, 0.15) is 20.3 Å². The zero-order chi connectivity index (χ0) is 13.5. The molecular weight excluding hydrogens is 238 g/mol. The smallest absolute Gasteiger partial charge is 0.325 e. The van der Waals surface area contributed by atoms with Crippen LogP contribution in [0.5, 0.6) is 0 Å². The lowest BCUT2D eigenvalue weighted by Gasteiger charge is -2.37. The topological polar surface area (TPSA) is 65.1 Å². The van der Waals surface area contributed by atoms with E-state index in [1.54, 1.807) is 6.92 Å². The van der Waals surface area contributed by atoms with Crippen molar-refractivity contribution in [2.24, 2.45) is 0 Å². The molecule has 0 aromatic heterocycles. The van der Waals surface area contributed by atoms with Crippen LogP contribution in [0.15, 0.2) is 0 Å². The molecule has 1 rings (SSSR count). The Labute approximate surface area is 107 Å². The van der Waals surface area contributed by atoms with Gasteiger partial charge in [-0.15, -0.1) is 0 Å². The number of hydrogen-bond donors (Lipinski definition) is 0. The Morgan fingerprint density at radius 1 is 1.50 bits per heavy atom. The van der Waals surface area contributed by atoms with Crippen molar-refractivity contribution >= 4 is 11.9 Å². The van der Waals surface area contributed by atoms with Gasteiger partial charge < -0.3 is 14.2 Å². The minimum absolute atomic E-state index is 0.0722. The molecule has 0 aromatic carbocycles. The summed E-state index contributed by atoms with van der Waals surface area (Å²) in [6.45, 7) is 5.52. The third-order valence-corrected chi connectivity index (χ3v) is 2.98. The second-order valence-electron chi connectivity index (χ2n) is 4.21. The number of nitrogens with zero attached hydrogens (tertiary/aromatic N) is 1. The lowest BCUT2D eigenvalue weighted by molar-refractivity contribution is -0.157. The maximum Gasteiger partial charge on any atom is 0.325 e. The van der Waals surface area contributed by atoms with Crippen molar-refractivity contribution in [2.75, 3.05) is 33.5 Å². The van der Waals surface area contributed by atoms with Crippen LogP contribution >= 0.6 is 0 Å². The zero-order valence-electron chi connectivity index (χ0n) is 11.2. The molecule has 0 bridgehead atoms. The average Bonchev–Trinajstić information content (AvgIpc) is 2.38. The molecule has 0 aliphatic carbocycles. The van der Waals surface area contributed by atoms with E-state index in [2.05, 4.69) is 0 Å². The molecule has 1 saturated heterocycles. The quantitative estimate of drug-likeness (QED) is 0.657. The number of hydrogen-bond acceptors (Lipinski definition) is 6. The van der Waals surface area contributed by atoms with Crippen LogP contribution in [0.3, 0.4) is 0 Å². The van der Waals surface area contributed by atoms with Crippen LogP contribution in [0.25, 0.3) is 0 Å². The molecular formula is C12H21NO5. The SMILES string of the molecule is CCOC(=O)CC(C)N1CCOCC1C(=O)OC. The lowest BCUT2D eigenvalue weighted by Crippen LogP contribution is -2.54. The van der Waals surface area contributed by atoms with Gasteiger partial charge in [0.1, 0.15) is 6.04 Å². The molecule has 0 aromatic rings. The molecule has 1 fully saturated rings. The van der Waals surface area contributed by atoms with Crippen molar-refractivity contribution in [3.8, 4) is 0 Å². The van der Waals surface area contributed by atoms with Crippen molar-refractivity contribution in [3.05, 3.63) is 0 Å². The molecule has 1 aliphatic heterocycles. The van der Waals surface area contributed by atoms with Crippen LogP contribution in [0.4, 0.5) is 0 Å². The summed E-state index contributed by atoms with van der Waals surface area (Å²) in [4.78, 5) is 25.0. The van der Waals surface area contributed by atoms with Gasteiger partial charge in [0, 0.05) is 12.6 Å². The Morgan fingerprint density at radius 3 is 2.83 bits per heavy atom. The first kappa shape index (κ1) is 14.9. The second kappa shape index (κ2) is 7.33. The van der Waals surface area contributed by atoms with Crippen molar-refractivity contribution in [3.63, 3.8) is 0 Å². The minimum atomic E-state index is -0.437. The van der Waals surface area contributed by atoms with Gasteiger partial charge in [-0.05, 0) is 13.8 Å². The van der Waals surface area contributed by atoms with Crippen molar-refractivity contribution in [1.29, 1.82) is 0 Å². The summed E-state index contributed by atoms with van der Waals surface area (Å²) in [5.41, 5.74) is 0. The molecule has 2 unspecified atom stereocenters. The van der Waals surface area contributed by atoms with Crippen LogP contribution in [0.2, 0.25) is 0 Å². The van der Waals surface area contributed by atoms with E-state index in [0.717, 1.165) is 0 Å². The summed E-state index contributed by atoms with van der Waals surface area (Å²) in [7, 11) is 1.35. The minimum Gasteiger partial charge on any atom is -0.468 e. The van der Waals surface area contributed by atoms with E-state index in [4.69, 9.17) is 14.2 Å². The number of carbonyl (C=O) groups excluding carboxylic acids is 2. The Bertz CT molecular complexity index is 294. The maximum absolute atomic E-state index is 11.6. The Balaban J connectivity index is 2.59. The van der Waals surface area contributed by atoms with E-state index < -0.39 is 6.04 Å². The molecule has 18 heavy (non-hydrogen) atoms. The molecule has 1 aliphatic rings. The van der Waals surface area contributed by atoms with E-state index in [-0.39, 0.29) is 24.4 Å². The molecule has 0 amide bonds. The first-order valence-electron chi connectivity index (χ1n) is 6.17. The van der Waals surface area contributed by atoms with Gasteiger partial charge in [-0.1, -0.05) is 0 Å². The first-order chi connectivity index (χ1) is 8.60. The molecule has 0 saturated carbocycles. The highest BCUT2D eigenvalue weighted by Crippen LogP contribution is 2.15. The maximum atomic E-state index is 11.6. The van der Waals surface area contributed by atoms with Crippen LogP contribution < -0.4 is 0 Å². The van der Waals surface area contributed by atoms with Gasteiger partial charge >= 0.3 is 11.9 Å². The molecule has 0 spiro atoms. The summed E-state index contributed by atoms with van der Waals surface area (Å²) in [6, 6.07) is -0.509. The highest BCUT2D eigenvalue weighted by molar-refractivity contribution is 5.76. The zero-order valence-corrected chi connectivity index (χ0v) is 11.2. The molecule has 6 nitrogen and oxygen atoms in total. The Kier molecular flexibility index (Phi) is 6.07.